The zero-order valence-electron chi connectivity index (χ0n) is 16.0. The normalized spacial score (nSPS) is 10.7. The summed E-state index contributed by atoms with van der Waals surface area (Å²) in [7, 11) is 1.60. The van der Waals surface area contributed by atoms with E-state index in [-0.39, 0.29) is 12.1 Å². The van der Waals surface area contributed by atoms with Crippen molar-refractivity contribution in [2.75, 3.05) is 12.4 Å². The lowest BCUT2D eigenvalue weighted by atomic mass is 9.99. The van der Waals surface area contributed by atoms with Gasteiger partial charge in [0.15, 0.2) is 0 Å². The number of aromatic nitrogens is 1. The molecule has 4 rings (SSSR count). The maximum Gasteiger partial charge on any atom is 0.320 e. The first-order valence-corrected chi connectivity index (χ1v) is 9.35. The smallest absolute Gasteiger partial charge is 0.320 e. The molecule has 1 heterocycles. The van der Waals surface area contributed by atoms with Gasteiger partial charge in [-0.15, -0.1) is 0 Å². The van der Waals surface area contributed by atoms with Crippen LogP contribution in [0.5, 0.6) is 5.75 Å². The highest BCUT2D eigenvalue weighted by Gasteiger charge is 2.17. The quantitative estimate of drug-likeness (QED) is 0.501. The molecule has 0 radical (unpaired) electrons. The molecule has 144 valence electrons. The monoisotopic (exact) mass is 383 g/mol. The molecule has 29 heavy (non-hydrogen) atoms. The van der Waals surface area contributed by atoms with E-state index in [0.29, 0.717) is 17.0 Å². The summed E-state index contributed by atoms with van der Waals surface area (Å²) in [4.78, 5) is 17.3. The van der Waals surface area contributed by atoms with Gasteiger partial charge in [-0.05, 0) is 23.3 Å². The molecule has 1 aromatic heterocycles. The van der Waals surface area contributed by atoms with Crippen molar-refractivity contribution in [1.82, 2.24) is 10.3 Å². The van der Waals surface area contributed by atoms with Gasteiger partial charge in [-0.1, -0.05) is 66.7 Å². The van der Waals surface area contributed by atoms with Crippen molar-refractivity contribution >= 4 is 22.6 Å². The second-order valence-electron chi connectivity index (χ2n) is 6.60. The third-order valence-corrected chi connectivity index (χ3v) is 4.70. The molecule has 2 amide bonds. The van der Waals surface area contributed by atoms with Crippen LogP contribution in [0, 0.1) is 0 Å². The first-order chi connectivity index (χ1) is 14.2. The van der Waals surface area contributed by atoms with Gasteiger partial charge in [-0.25, -0.2) is 4.79 Å². The molecule has 0 saturated heterocycles. The number of rotatable bonds is 5. The molecule has 0 atom stereocenters. The van der Waals surface area contributed by atoms with Crippen molar-refractivity contribution in [3.05, 3.63) is 102 Å². The van der Waals surface area contributed by atoms with Crippen LogP contribution in [0.2, 0.25) is 0 Å². The van der Waals surface area contributed by atoms with Gasteiger partial charge >= 0.3 is 6.03 Å². The van der Waals surface area contributed by atoms with Crippen LogP contribution in [-0.4, -0.2) is 18.1 Å². The number of hydrogen-bond donors (Lipinski definition) is 2. The van der Waals surface area contributed by atoms with E-state index in [4.69, 9.17) is 4.74 Å². The van der Waals surface area contributed by atoms with Gasteiger partial charge in [-0.2, -0.15) is 0 Å². The Hall–Kier alpha value is -3.86. The molecule has 0 aliphatic heterocycles. The van der Waals surface area contributed by atoms with E-state index in [9.17, 15) is 4.79 Å². The first kappa shape index (κ1) is 18.5. The van der Waals surface area contributed by atoms with Crippen molar-refractivity contribution in [2.24, 2.45) is 0 Å². The predicted molar refractivity (Wildman–Crippen MR) is 115 cm³/mol. The molecule has 3 aromatic carbocycles. The van der Waals surface area contributed by atoms with Crippen LogP contribution in [0.4, 0.5) is 10.5 Å². The predicted octanol–water partition coefficient (Wildman–Crippen LogP) is 5.15. The summed E-state index contributed by atoms with van der Waals surface area (Å²) in [5.74, 6) is 0.656. The molecule has 0 aliphatic rings. The minimum atomic E-state index is -0.317. The second kappa shape index (κ2) is 8.44. The number of amides is 2. The highest BCUT2D eigenvalue weighted by atomic mass is 16.5. The average Bonchev–Trinajstić information content (AvgIpc) is 2.78. The number of carbonyl (C=O) groups is 1. The summed E-state index contributed by atoms with van der Waals surface area (Å²) in [6, 6.07) is 26.6. The lowest BCUT2D eigenvalue weighted by molar-refractivity contribution is 0.250. The Morgan fingerprint density at radius 2 is 1.55 bits per heavy atom. The number of anilines is 1. The number of pyridine rings is 1. The third-order valence-electron chi connectivity index (χ3n) is 4.70. The van der Waals surface area contributed by atoms with Gasteiger partial charge < -0.3 is 15.4 Å². The number of urea groups is 1. The lowest BCUT2D eigenvalue weighted by Gasteiger charge is -2.20. The number of carbonyl (C=O) groups excluding carboxylic acids is 1. The summed E-state index contributed by atoms with van der Waals surface area (Å²) in [6.45, 7) is 0. The van der Waals surface area contributed by atoms with E-state index >= 15 is 0 Å². The maximum absolute atomic E-state index is 12.9. The fourth-order valence-electron chi connectivity index (χ4n) is 3.32. The van der Waals surface area contributed by atoms with Crippen molar-refractivity contribution in [3.8, 4) is 5.75 Å². The standard InChI is InChI=1S/C24H21N3O2/c1-29-20-15-19-13-8-14-25-23(19)21(16-20)26-24(28)27-22(17-9-4-2-5-10-17)18-11-6-3-7-12-18/h2-16,22H,1H3,(H2,26,27,28). The van der Waals surface area contributed by atoms with Crippen LogP contribution in [0.15, 0.2) is 91.1 Å². The van der Waals surface area contributed by atoms with Crippen LogP contribution >= 0.6 is 0 Å². The number of nitrogens with zero attached hydrogens (tertiary/aromatic N) is 1. The van der Waals surface area contributed by atoms with Gasteiger partial charge in [0.25, 0.3) is 0 Å². The van der Waals surface area contributed by atoms with E-state index in [2.05, 4.69) is 15.6 Å². The minimum Gasteiger partial charge on any atom is -0.497 e. The van der Waals surface area contributed by atoms with Gasteiger partial charge in [0.2, 0.25) is 0 Å². The Balaban J connectivity index is 1.63. The van der Waals surface area contributed by atoms with E-state index in [1.54, 1.807) is 19.4 Å². The molecular formula is C24H21N3O2. The fourth-order valence-corrected chi connectivity index (χ4v) is 3.32. The molecule has 0 unspecified atom stereocenters. The van der Waals surface area contributed by atoms with Crippen LogP contribution in [0.1, 0.15) is 17.2 Å². The van der Waals surface area contributed by atoms with Crippen molar-refractivity contribution in [2.45, 2.75) is 6.04 Å². The zero-order chi connectivity index (χ0) is 20.1. The molecule has 4 aromatic rings. The van der Waals surface area contributed by atoms with Gasteiger partial charge in [0.1, 0.15) is 5.75 Å². The largest absolute Gasteiger partial charge is 0.497 e. The Bertz CT molecular complexity index is 1080. The second-order valence-corrected chi connectivity index (χ2v) is 6.60. The Labute approximate surface area is 169 Å². The van der Waals surface area contributed by atoms with Crippen LogP contribution < -0.4 is 15.4 Å². The van der Waals surface area contributed by atoms with Gasteiger partial charge in [-0.3, -0.25) is 4.98 Å². The molecule has 0 saturated carbocycles. The van der Waals surface area contributed by atoms with E-state index in [0.717, 1.165) is 16.5 Å². The SMILES string of the molecule is COc1cc(NC(=O)NC(c2ccccc2)c2ccccc2)c2ncccc2c1. The van der Waals surface area contributed by atoms with E-state index in [1.807, 2.05) is 78.9 Å². The first-order valence-electron chi connectivity index (χ1n) is 9.35. The van der Waals surface area contributed by atoms with Crippen LogP contribution in [0.3, 0.4) is 0 Å². The number of benzene rings is 3. The van der Waals surface area contributed by atoms with Crippen LogP contribution in [0.25, 0.3) is 10.9 Å². The maximum atomic E-state index is 12.9. The molecule has 0 aliphatic carbocycles. The number of nitrogens with one attached hydrogen (secondary N) is 2. The summed E-state index contributed by atoms with van der Waals surface area (Å²) in [5, 5.41) is 6.91. The summed E-state index contributed by atoms with van der Waals surface area (Å²) in [6.07, 6.45) is 1.70. The number of methoxy groups -OCH3 is 1. The van der Waals surface area contributed by atoms with E-state index < -0.39 is 0 Å². The summed E-state index contributed by atoms with van der Waals surface area (Å²) in [5.41, 5.74) is 3.31. The van der Waals surface area contributed by atoms with Crippen molar-refractivity contribution < 1.29 is 9.53 Å². The molecule has 5 nitrogen and oxygen atoms in total. The molecule has 0 bridgehead atoms. The molecule has 2 N–H and O–H groups in total. The molecule has 0 spiro atoms. The van der Waals surface area contributed by atoms with Crippen molar-refractivity contribution in [3.63, 3.8) is 0 Å². The highest BCUT2D eigenvalue weighted by Crippen LogP contribution is 2.28. The topological polar surface area (TPSA) is 63.2 Å². The summed E-state index contributed by atoms with van der Waals surface area (Å²) < 4.78 is 5.36. The van der Waals surface area contributed by atoms with E-state index in [1.165, 1.54) is 0 Å². The summed E-state index contributed by atoms with van der Waals surface area (Å²) >= 11 is 0. The highest BCUT2D eigenvalue weighted by molar-refractivity contribution is 6.00. The molecular weight excluding hydrogens is 362 g/mol. The molecule has 0 fully saturated rings. The van der Waals surface area contributed by atoms with Gasteiger partial charge in [0, 0.05) is 17.6 Å². The number of ether oxygens (including phenoxy) is 1. The minimum absolute atomic E-state index is 0.276. The Kier molecular flexibility index (Phi) is 5.38. The van der Waals surface area contributed by atoms with Gasteiger partial charge in [0.05, 0.1) is 24.4 Å². The third kappa shape index (κ3) is 4.19. The average molecular weight is 383 g/mol. The Morgan fingerprint density at radius 3 is 2.17 bits per heavy atom. The Morgan fingerprint density at radius 1 is 0.897 bits per heavy atom. The lowest BCUT2D eigenvalue weighted by Crippen LogP contribution is -2.33. The van der Waals surface area contributed by atoms with Crippen LogP contribution in [-0.2, 0) is 0 Å². The van der Waals surface area contributed by atoms with Crippen molar-refractivity contribution in [1.29, 1.82) is 0 Å². The fraction of sp³-hybridized carbons (Fsp3) is 0.0833. The number of fused-ring (bicyclic) bond motifs is 1. The molecule has 5 heteroatoms. The number of hydrogen-bond acceptors (Lipinski definition) is 3. The zero-order valence-corrected chi connectivity index (χ0v) is 16.0.